The van der Waals surface area contributed by atoms with E-state index >= 15 is 0 Å². The van der Waals surface area contributed by atoms with Gasteiger partial charge in [-0.05, 0) is 31.2 Å². The normalized spacial score (nSPS) is 16.8. The third kappa shape index (κ3) is 5.86. The first-order chi connectivity index (χ1) is 18.2. The largest absolute Gasteiger partial charge is 0.410 e. The predicted molar refractivity (Wildman–Crippen MR) is 128 cm³/mol. The number of carbonyl (C=O) groups excluding carboxylic acids is 2. The van der Waals surface area contributed by atoms with Gasteiger partial charge in [0.1, 0.15) is 23.1 Å². The highest BCUT2D eigenvalue weighted by molar-refractivity contribution is 6.03. The number of hydrogen-bond acceptors (Lipinski definition) is 6. The average Bonchev–Trinajstić information content (AvgIpc) is 3.38. The quantitative estimate of drug-likeness (QED) is 0.422. The van der Waals surface area contributed by atoms with Crippen molar-refractivity contribution in [1.82, 2.24) is 14.9 Å². The number of rotatable bonds is 7. The Bertz CT molecular complexity index is 1400. The number of benzene rings is 1. The molecular formula is C24H29F3N6O3. The van der Waals surface area contributed by atoms with E-state index < -0.39 is 53.9 Å². The molecule has 0 aliphatic heterocycles. The fourth-order valence-electron chi connectivity index (χ4n) is 3.47. The lowest BCUT2D eigenvalue weighted by Crippen LogP contribution is -2.26. The molecule has 0 aliphatic carbocycles. The van der Waals surface area contributed by atoms with E-state index in [1.165, 1.54) is 24.3 Å². The van der Waals surface area contributed by atoms with E-state index in [4.69, 9.17) is 21.5 Å². The Morgan fingerprint density at radius 3 is 2.42 bits per heavy atom. The number of nitrogens with two attached hydrogens (primary N) is 2. The van der Waals surface area contributed by atoms with Crippen molar-refractivity contribution in [3.8, 4) is 11.3 Å². The van der Waals surface area contributed by atoms with Gasteiger partial charge in [-0.1, -0.05) is 50.2 Å². The van der Waals surface area contributed by atoms with Crippen LogP contribution in [0.15, 0.2) is 34.9 Å². The lowest BCUT2D eigenvalue weighted by molar-refractivity contribution is -0.164. The Kier molecular flexibility index (Phi) is 5.76. The van der Waals surface area contributed by atoms with Gasteiger partial charge in [0.15, 0.2) is 0 Å². The first-order valence-electron chi connectivity index (χ1n) is 12.8. The van der Waals surface area contributed by atoms with Gasteiger partial charge in [0, 0.05) is 15.7 Å². The summed E-state index contributed by atoms with van der Waals surface area (Å²) in [6.07, 6.45) is -5.01. The van der Waals surface area contributed by atoms with Crippen LogP contribution in [0.4, 0.5) is 24.9 Å². The summed E-state index contributed by atoms with van der Waals surface area (Å²) >= 11 is 0. The first-order valence-corrected chi connectivity index (χ1v) is 10.8. The molecule has 2 heterocycles. The zero-order valence-electron chi connectivity index (χ0n) is 24.0. The SMILES string of the molecule is [2H]C([2H])([2H])C([2H])(n1nc(-c2ccc(C(C)C(=O)Nc3cc(CC(C)(C)C)no3)cc2)c(C(N)=O)c1N)C(F)(F)F. The van der Waals surface area contributed by atoms with Crippen LogP contribution >= 0.6 is 0 Å². The minimum atomic E-state index is -5.64. The molecule has 0 fully saturated rings. The van der Waals surface area contributed by atoms with Gasteiger partial charge in [-0.25, -0.2) is 4.68 Å². The number of amides is 2. The maximum Gasteiger partial charge on any atom is 0.410 e. The molecule has 194 valence electrons. The molecule has 3 aromatic rings. The Morgan fingerprint density at radius 2 is 1.89 bits per heavy atom. The number of hydrogen-bond donors (Lipinski definition) is 3. The van der Waals surface area contributed by atoms with Gasteiger partial charge in [0.05, 0.1) is 13.0 Å². The van der Waals surface area contributed by atoms with Crippen molar-refractivity contribution in [1.29, 1.82) is 0 Å². The number of nitrogen functional groups attached to an aromatic ring is 1. The lowest BCUT2D eigenvalue weighted by atomic mass is 9.91. The third-order valence-corrected chi connectivity index (χ3v) is 5.24. The number of halogens is 3. The minimum Gasteiger partial charge on any atom is -0.383 e. The summed E-state index contributed by atoms with van der Waals surface area (Å²) in [4.78, 5) is 24.9. The molecule has 0 bridgehead atoms. The Labute approximate surface area is 211 Å². The van der Waals surface area contributed by atoms with E-state index in [0.29, 0.717) is 17.7 Å². The van der Waals surface area contributed by atoms with Crippen LogP contribution in [0.1, 0.15) is 73.6 Å². The van der Waals surface area contributed by atoms with E-state index in [0.717, 1.165) is 0 Å². The molecule has 2 unspecified atom stereocenters. The fourth-order valence-corrected chi connectivity index (χ4v) is 3.47. The van der Waals surface area contributed by atoms with Gasteiger partial charge in [0.2, 0.25) is 11.8 Å². The zero-order valence-corrected chi connectivity index (χ0v) is 20.0. The smallest absolute Gasteiger partial charge is 0.383 e. The summed E-state index contributed by atoms with van der Waals surface area (Å²) in [5, 5.41) is 10.2. The number of anilines is 2. The maximum absolute atomic E-state index is 13.8. The van der Waals surface area contributed by atoms with E-state index in [9.17, 15) is 22.8 Å². The molecule has 9 nitrogen and oxygen atoms in total. The second kappa shape index (κ2) is 9.67. The number of nitrogens with one attached hydrogen (secondary N) is 1. The third-order valence-electron chi connectivity index (χ3n) is 5.24. The first kappa shape index (κ1) is 21.5. The van der Waals surface area contributed by atoms with Crippen LogP contribution in [0.2, 0.25) is 0 Å². The van der Waals surface area contributed by atoms with Gasteiger partial charge >= 0.3 is 6.18 Å². The summed E-state index contributed by atoms with van der Waals surface area (Å²) in [5.41, 5.74) is 11.1. The Morgan fingerprint density at radius 1 is 1.25 bits per heavy atom. The summed E-state index contributed by atoms with van der Waals surface area (Å²) in [6.45, 7) is 3.74. The standard InChI is InChI=1S/C24H29F3N6O3/c1-12(22(35)30-17-10-16(32-36-17)11-23(3,4)5)14-6-8-15(9-7-14)19-18(21(29)34)20(28)33(31-19)13(2)24(25,26)27/h6-10,12-13H,11,28H2,1-5H3,(H2,29,34)(H,30,35)/i2D3,13D. The number of nitrogens with zero attached hydrogens (tertiary/aromatic N) is 3. The topological polar surface area (TPSA) is 142 Å². The van der Waals surface area contributed by atoms with E-state index in [1.807, 2.05) is 20.8 Å². The van der Waals surface area contributed by atoms with Crippen LogP contribution in [0.25, 0.3) is 11.3 Å². The molecule has 2 aromatic heterocycles. The summed E-state index contributed by atoms with van der Waals surface area (Å²) < 4.78 is 76.3. The van der Waals surface area contributed by atoms with Crippen molar-refractivity contribution < 1.29 is 32.8 Å². The van der Waals surface area contributed by atoms with Crippen molar-refractivity contribution in [2.24, 2.45) is 11.1 Å². The van der Waals surface area contributed by atoms with Crippen molar-refractivity contribution in [3.05, 3.63) is 47.2 Å². The van der Waals surface area contributed by atoms with Crippen molar-refractivity contribution >= 4 is 23.5 Å². The second-order valence-electron chi connectivity index (χ2n) is 9.48. The molecule has 2 amide bonds. The molecule has 0 saturated heterocycles. The lowest BCUT2D eigenvalue weighted by Gasteiger charge is -2.17. The molecule has 36 heavy (non-hydrogen) atoms. The summed E-state index contributed by atoms with van der Waals surface area (Å²) in [7, 11) is 0. The van der Waals surface area contributed by atoms with Gasteiger partial charge in [-0.15, -0.1) is 0 Å². The zero-order chi connectivity index (χ0) is 30.4. The van der Waals surface area contributed by atoms with Gasteiger partial charge in [-0.2, -0.15) is 18.3 Å². The predicted octanol–water partition coefficient (Wildman–Crippen LogP) is 4.67. The molecule has 3 rings (SSSR count). The molecule has 0 radical (unpaired) electrons. The molecule has 5 N–H and O–H groups in total. The van der Waals surface area contributed by atoms with Gasteiger partial charge in [0.25, 0.3) is 5.91 Å². The number of carbonyl (C=O) groups is 2. The molecule has 2 atom stereocenters. The highest BCUT2D eigenvalue weighted by Crippen LogP contribution is 2.36. The van der Waals surface area contributed by atoms with Crippen molar-refractivity contribution in [2.45, 2.75) is 59.1 Å². The molecule has 0 spiro atoms. The summed E-state index contributed by atoms with van der Waals surface area (Å²) in [5.74, 6) is -3.29. The van der Waals surface area contributed by atoms with E-state index in [-0.39, 0.29) is 21.5 Å². The average molecular weight is 511 g/mol. The van der Waals surface area contributed by atoms with Crippen LogP contribution in [0, 0.1) is 5.41 Å². The molecule has 12 heteroatoms. The van der Waals surface area contributed by atoms with Crippen LogP contribution in [0.3, 0.4) is 0 Å². The van der Waals surface area contributed by atoms with E-state index in [1.54, 1.807) is 13.0 Å². The van der Waals surface area contributed by atoms with Crippen LogP contribution in [0.5, 0.6) is 0 Å². The van der Waals surface area contributed by atoms with Crippen LogP contribution in [-0.4, -0.2) is 32.9 Å². The molecule has 1 aromatic carbocycles. The van der Waals surface area contributed by atoms with E-state index in [2.05, 4.69) is 15.6 Å². The van der Waals surface area contributed by atoms with Crippen LogP contribution < -0.4 is 16.8 Å². The molecule has 0 aliphatic rings. The number of primary amides is 1. The van der Waals surface area contributed by atoms with Gasteiger partial charge in [-0.3, -0.25) is 14.9 Å². The number of aromatic nitrogens is 3. The highest BCUT2D eigenvalue weighted by Gasteiger charge is 2.40. The van der Waals surface area contributed by atoms with Crippen LogP contribution in [-0.2, 0) is 11.2 Å². The minimum absolute atomic E-state index is 0.0380. The highest BCUT2D eigenvalue weighted by atomic mass is 19.4. The maximum atomic E-state index is 13.8. The second-order valence-corrected chi connectivity index (χ2v) is 9.48. The fraction of sp³-hybridized carbons (Fsp3) is 0.417. The molecule has 0 saturated carbocycles. The molecular weight excluding hydrogens is 477 g/mol. The van der Waals surface area contributed by atoms with Gasteiger partial charge < -0.3 is 16.0 Å². The van der Waals surface area contributed by atoms with Crippen molar-refractivity contribution in [2.75, 3.05) is 11.1 Å². The summed E-state index contributed by atoms with van der Waals surface area (Å²) in [6, 6.07) is 2.95. The Balaban J connectivity index is 1.92. The number of alkyl halides is 3. The van der Waals surface area contributed by atoms with Crippen molar-refractivity contribution in [3.63, 3.8) is 0 Å². The Hall–Kier alpha value is -3.83. The monoisotopic (exact) mass is 510 g/mol.